The number of carbonyl (C=O) groups is 1. The van der Waals surface area contributed by atoms with Crippen molar-refractivity contribution in [1.82, 2.24) is 0 Å². The lowest BCUT2D eigenvalue weighted by molar-refractivity contribution is 0.108. The molecule has 0 radical (unpaired) electrons. The number of hydrogen-bond donors (Lipinski definition) is 0. The van der Waals surface area contributed by atoms with Crippen LogP contribution in [0, 0.1) is 0 Å². The van der Waals surface area contributed by atoms with Gasteiger partial charge in [-0.1, -0.05) is 18.7 Å². The van der Waals surface area contributed by atoms with Crippen molar-refractivity contribution < 1.29 is 9.53 Å². The van der Waals surface area contributed by atoms with E-state index in [1.165, 1.54) is 11.8 Å². The van der Waals surface area contributed by atoms with Gasteiger partial charge in [0.1, 0.15) is 5.75 Å². The van der Waals surface area contributed by atoms with Gasteiger partial charge < -0.3 is 4.74 Å². The Bertz CT molecular complexity index is 293. The third kappa shape index (κ3) is 3.07. The summed E-state index contributed by atoms with van der Waals surface area (Å²) in [5, 5.41) is 0.134. The van der Waals surface area contributed by atoms with E-state index in [-0.39, 0.29) is 5.12 Å². The van der Waals surface area contributed by atoms with Crippen LogP contribution >= 0.6 is 11.8 Å². The van der Waals surface area contributed by atoms with Gasteiger partial charge in [0.2, 0.25) is 5.12 Å². The van der Waals surface area contributed by atoms with Gasteiger partial charge in [-0.3, -0.25) is 4.79 Å². The van der Waals surface area contributed by atoms with Gasteiger partial charge in [0.05, 0.1) is 7.11 Å². The van der Waals surface area contributed by atoms with E-state index in [1.807, 2.05) is 0 Å². The third-order valence-electron chi connectivity index (χ3n) is 1.76. The number of ether oxygens (including phenoxy) is 1. The van der Waals surface area contributed by atoms with Crippen LogP contribution in [0.5, 0.6) is 5.75 Å². The molecule has 0 saturated carbocycles. The summed E-state index contributed by atoms with van der Waals surface area (Å²) in [5.74, 6) is 1.66. The zero-order chi connectivity index (χ0) is 10.4. The fourth-order valence-electron chi connectivity index (χ4n) is 1.01. The molecule has 1 rings (SSSR count). The SMILES string of the molecule is CCCSC(=O)c1ccc(OC)cc1. The minimum absolute atomic E-state index is 0.134. The Morgan fingerprint density at radius 2 is 2.00 bits per heavy atom. The lowest BCUT2D eigenvalue weighted by Gasteiger charge is -2.01. The normalized spacial score (nSPS) is 9.86. The molecule has 14 heavy (non-hydrogen) atoms. The Kier molecular flexibility index (Phi) is 4.53. The molecule has 0 aliphatic rings. The first-order chi connectivity index (χ1) is 6.77. The van der Waals surface area contributed by atoms with Crippen molar-refractivity contribution in [1.29, 1.82) is 0 Å². The lowest BCUT2D eigenvalue weighted by Crippen LogP contribution is -1.94. The van der Waals surface area contributed by atoms with Crippen molar-refractivity contribution in [3.63, 3.8) is 0 Å². The van der Waals surface area contributed by atoms with E-state index in [0.717, 1.165) is 23.5 Å². The molecule has 0 aliphatic carbocycles. The largest absolute Gasteiger partial charge is 0.497 e. The second-order valence-corrected chi connectivity index (χ2v) is 3.93. The van der Waals surface area contributed by atoms with Crippen LogP contribution in [0.1, 0.15) is 23.7 Å². The fourth-order valence-corrected chi connectivity index (χ4v) is 1.70. The molecule has 2 nitrogen and oxygen atoms in total. The molecule has 0 bridgehead atoms. The summed E-state index contributed by atoms with van der Waals surface area (Å²) >= 11 is 1.36. The van der Waals surface area contributed by atoms with Crippen LogP contribution in [0.15, 0.2) is 24.3 Å². The molecule has 0 aromatic heterocycles. The maximum atomic E-state index is 11.5. The van der Waals surface area contributed by atoms with Crippen LogP contribution < -0.4 is 4.74 Å². The van der Waals surface area contributed by atoms with Crippen LogP contribution in [0.25, 0.3) is 0 Å². The topological polar surface area (TPSA) is 26.3 Å². The fraction of sp³-hybridized carbons (Fsp3) is 0.364. The maximum absolute atomic E-state index is 11.5. The van der Waals surface area contributed by atoms with Gasteiger partial charge >= 0.3 is 0 Å². The maximum Gasteiger partial charge on any atom is 0.219 e. The zero-order valence-corrected chi connectivity index (χ0v) is 9.26. The second-order valence-electron chi connectivity index (χ2n) is 2.86. The van der Waals surface area contributed by atoms with Crippen molar-refractivity contribution in [2.45, 2.75) is 13.3 Å². The first kappa shape index (κ1) is 11.1. The molecule has 0 heterocycles. The molecule has 0 aliphatic heterocycles. The summed E-state index contributed by atoms with van der Waals surface area (Å²) in [5.41, 5.74) is 0.740. The molecule has 1 aromatic carbocycles. The number of carbonyl (C=O) groups excluding carboxylic acids is 1. The summed E-state index contributed by atoms with van der Waals surface area (Å²) < 4.78 is 5.01. The number of rotatable bonds is 4. The molecular weight excluding hydrogens is 196 g/mol. The molecule has 0 spiro atoms. The molecule has 0 unspecified atom stereocenters. The number of hydrogen-bond acceptors (Lipinski definition) is 3. The predicted octanol–water partition coefficient (Wildman–Crippen LogP) is 2.98. The number of methoxy groups -OCH3 is 1. The quantitative estimate of drug-likeness (QED) is 0.764. The summed E-state index contributed by atoms with van der Waals surface area (Å²) in [6.07, 6.45) is 1.02. The Morgan fingerprint density at radius 1 is 1.36 bits per heavy atom. The first-order valence-corrected chi connectivity index (χ1v) is 5.57. The van der Waals surface area contributed by atoms with Crippen molar-refractivity contribution in [3.05, 3.63) is 29.8 Å². The summed E-state index contributed by atoms with van der Waals surface area (Å²) in [6.45, 7) is 2.06. The third-order valence-corrected chi connectivity index (χ3v) is 2.87. The average Bonchev–Trinajstić information content (AvgIpc) is 2.26. The zero-order valence-electron chi connectivity index (χ0n) is 8.45. The van der Waals surface area contributed by atoms with Gasteiger partial charge in [0, 0.05) is 11.3 Å². The summed E-state index contributed by atoms with van der Waals surface area (Å²) in [6, 6.07) is 7.20. The molecule has 0 saturated heterocycles. The minimum atomic E-state index is 0.134. The average molecular weight is 210 g/mol. The van der Waals surface area contributed by atoms with Gasteiger partial charge in [-0.25, -0.2) is 0 Å². The second kappa shape index (κ2) is 5.70. The molecular formula is C11H14O2S. The number of benzene rings is 1. The van der Waals surface area contributed by atoms with E-state index in [4.69, 9.17) is 4.74 Å². The van der Waals surface area contributed by atoms with E-state index in [9.17, 15) is 4.79 Å². The van der Waals surface area contributed by atoms with E-state index in [0.29, 0.717) is 0 Å². The number of thioether (sulfide) groups is 1. The van der Waals surface area contributed by atoms with Gasteiger partial charge in [-0.2, -0.15) is 0 Å². The van der Waals surface area contributed by atoms with Crippen LogP contribution in [0.2, 0.25) is 0 Å². The van der Waals surface area contributed by atoms with Crippen LogP contribution in [-0.2, 0) is 0 Å². The van der Waals surface area contributed by atoms with Crippen molar-refractivity contribution in [3.8, 4) is 5.75 Å². The molecule has 3 heteroatoms. The Morgan fingerprint density at radius 3 is 2.50 bits per heavy atom. The van der Waals surface area contributed by atoms with Gasteiger partial charge in [0.15, 0.2) is 0 Å². The van der Waals surface area contributed by atoms with Crippen molar-refractivity contribution in [2.24, 2.45) is 0 Å². The Labute approximate surface area is 88.7 Å². The highest BCUT2D eigenvalue weighted by Crippen LogP contribution is 2.16. The Balaban J connectivity index is 2.62. The first-order valence-electron chi connectivity index (χ1n) is 4.59. The molecule has 0 amide bonds. The van der Waals surface area contributed by atoms with E-state index >= 15 is 0 Å². The molecule has 0 atom stereocenters. The highest BCUT2D eigenvalue weighted by atomic mass is 32.2. The standard InChI is InChI=1S/C11H14O2S/c1-3-8-14-11(12)9-4-6-10(13-2)7-5-9/h4-7H,3,8H2,1-2H3. The van der Waals surface area contributed by atoms with Crippen LogP contribution in [0.3, 0.4) is 0 Å². The van der Waals surface area contributed by atoms with Crippen LogP contribution in [-0.4, -0.2) is 18.0 Å². The smallest absolute Gasteiger partial charge is 0.219 e. The predicted molar refractivity (Wildman–Crippen MR) is 60.1 cm³/mol. The summed E-state index contributed by atoms with van der Waals surface area (Å²) in [4.78, 5) is 11.5. The highest BCUT2D eigenvalue weighted by Gasteiger charge is 2.05. The monoisotopic (exact) mass is 210 g/mol. The summed E-state index contributed by atoms with van der Waals surface area (Å²) in [7, 11) is 1.61. The molecule has 0 fully saturated rings. The van der Waals surface area contributed by atoms with Gasteiger partial charge in [0.25, 0.3) is 0 Å². The highest BCUT2D eigenvalue weighted by molar-refractivity contribution is 8.14. The minimum Gasteiger partial charge on any atom is -0.497 e. The molecule has 0 N–H and O–H groups in total. The van der Waals surface area contributed by atoms with Crippen molar-refractivity contribution in [2.75, 3.05) is 12.9 Å². The molecule has 76 valence electrons. The van der Waals surface area contributed by atoms with Crippen molar-refractivity contribution >= 4 is 16.9 Å². The lowest BCUT2D eigenvalue weighted by atomic mass is 10.2. The molecule has 1 aromatic rings. The van der Waals surface area contributed by atoms with E-state index < -0.39 is 0 Å². The van der Waals surface area contributed by atoms with Gasteiger partial charge in [-0.05, 0) is 30.7 Å². The van der Waals surface area contributed by atoms with E-state index in [2.05, 4.69) is 6.92 Å². The Hall–Kier alpha value is -0.960. The van der Waals surface area contributed by atoms with Crippen LogP contribution in [0.4, 0.5) is 0 Å². The van der Waals surface area contributed by atoms with E-state index in [1.54, 1.807) is 31.4 Å². The van der Waals surface area contributed by atoms with Gasteiger partial charge in [-0.15, -0.1) is 0 Å².